The number of aryl methyl sites for hydroxylation is 1. The van der Waals surface area contributed by atoms with Gasteiger partial charge in [0.2, 0.25) is 0 Å². The van der Waals surface area contributed by atoms with Gasteiger partial charge in [0.15, 0.2) is 5.69 Å². The van der Waals surface area contributed by atoms with E-state index in [1.165, 1.54) is 34.2 Å². The molecule has 0 fully saturated rings. The van der Waals surface area contributed by atoms with Crippen LogP contribution in [0.2, 0.25) is 0 Å². The molecular weight excluding hydrogens is 448 g/mol. The first-order chi connectivity index (χ1) is 11.3. The van der Waals surface area contributed by atoms with E-state index in [0.29, 0.717) is 0 Å². The second-order valence-electron chi connectivity index (χ2n) is 5.77. The maximum atomic E-state index is 3.53. The van der Waals surface area contributed by atoms with Crippen LogP contribution in [0, 0.1) is 0 Å². The van der Waals surface area contributed by atoms with E-state index in [1.54, 1.807) is 0 Å². The maximum Gasteiger partial charge on any atom is 0.318 e. The minimum atomic E-state index is 0. The molecule has 2 aromatic carbocycles. The van der Waals surface area contributed by atoms with Crippen molar-refractivity contribution in [2.24, 2.45) is 0 Å². The van der Waals surface area contributed by atoms with Crippen LogP contribution < -0.4 is 21.5 Å². The van der Waals surface area contributed by atoms with Crippen LogP contribution in [0.5, 0.6) is 0 Å². The molecule has 0 bridgehead atoms. The zero-order chi connectivity index (χ0) is 15.6. The molecule has 0 atom stereocenters. The lowest BCUT2D eigenvalue weighted by Crippen LogP contribution is -3.00. The second kappa shape index (κ2) is 7.89. The zero-order valence-corrected chi connectivity index (χ0v) is 17.1. The highest BCUT2D eigenvalue weighted by Gasteiger charge is 2.27. The van der Waals surface area contributed by atoms with E-state index in [-0.39, 0.29) is 17.0 Å². The van der Waals surface area contributed by atoms with Crippen molar-refractivity contribution in [2.75, 3.05) is 5.75 Å². The largest absolute Gasteiger partial charge is 1.00 e. The normalized spacial score (nSPS) is 13.2. The third kappa shape index (κ3) is 3.63. The van der Waals surface area contributed by atoms with E-state index in [0.717, 1.165) is 17.6 Å². The highest BCUT2D eigenvalue weighted by molar-refractivity contribution is 9.10. The quantitative estimate of drug-likeness (QED) is 0.535. The van der Waals surface area contributed by atoms with Crippen molar-refractivity contribution in [3.8, 4) is 11.3 Å². The van der Waals surface area contributed by atoms with Gasteiger partial charge in [0.05, 0.1) is 6.54 Å². The minimum Gasteiger partial charge on any atom is -1.00 e. The fourth-order valence-corrected chi connectivity index (χ4v) is 4.37. The predicted octanol–water partition coefficient (Wildman–Crippen LogP) is 1.75. The smallest absolute Gasteiger partial charge is 0.318 e. The van der Waals surface area contributed by atoms with Gasteiger partial charge in [-0.05, 0) is 48.0 Å². The summed E-state index contributed by atoms with van der Waals surface area (Å²) in [4.78, 5) is 0. The zero-order valence-electron chi connectivity index (χ0n) is 13.2. The number of hydrogen-bond donors (Lipinski definition) is 0. The summed E-state index contributed by atoms with van der Waals surface area (Å²) in [6.07, 6.45) is 3.56. The van der Waals surface area contributed by atoms with Gasteiger partial charge in [0, 0.05) is 15.8 Å². The van der Waals surface area contributed by atoms with Crippen LogP contribution in [-0.2, 0) is 13.1 Å². The summed E-state index contributed by atoms with van der Waals surface area (Å²) in [5, 5.41) is 1.37. The summed E-state index contributed by atoms with van der Waals surface area (Å²) in [5.41, 5.74) is 3.91. The van der Waals surface area contributed by atoms with Crippen LogP contribution in [0.4, 0.5) is 0 Å². The number of aromatic nitrogens is 2. The maximum absolute atomic E-state index is 3.53. The number of rotatable bonds is 3. The molecule has 0 saturated carbocycles. The van der Waals surface area contributed by atoms with Gasteiger partial charge in [0.1, 0.15) is 12.7 Å². The van der Waals surface area contributed by atoms with Crippen molar-refractivity contribution in [3.05, 3.63) is 70.8 Å². The predicted molar refractivity (Wildman–Crippen MR) is 98.6 cm³/mol. The van der Waals surface area contributed by atoms with Gasteiger partial charge in [-0.3, -0.25) is 0 Å². The Morgan fingerprint density at radius 2 is 1.79 bits per heavy atom. The molecule has 0 N–H and O–H groups in total. The molecule has 0 unspecified atom stereocenters. The van der Waals surface area contributed by atoms with Gasteiger partial charge < -0.3 is 17.0 Å². The van der Waals surface area contributed by atoms with Crippen LogP contribution in [-0.4, -0.2) is 10.3 Å². The molecule has 2 nitrogen and oxygen atoms in total. The molecule has 124 valence electrons. The van der Waals surface area contributed by atoms with Gasteiger partial charge >= 0.3 is 5.16 Å². The molecule has 2 heterocycles. The van der Waals surface area contributed by atoms with Gasteiger partial charge in [-0.2, -0.15) is 0 Å². The SMILES string of the molecule is Brc1ccc(-c2c[n+]3c(n2Cc2ccccc2)SCCC3)cc1.[Br-]. The Labute approximate surface area is 165 Å². The number of fused-ring (bicyclic) bond motifs is 1. The molecule has 24 heavy (non-hydrogen) atoms. The van der Waals surface area contributed by atoms with E-state index >= 15 is 0 Å². The Bertz CT molecular complexity index is 813. The summed E-state index contributed by atoms with van der Waals surface area (Å²) in [5.74, 6) is 1.21. The first kappa shape index (κ1) is 17.8. The topological polar surface area (TPSA) is 8.81 Å². The fraction of sp³-hybridized carbons (Fsp3) is 0.211. The molecule has 0 aliphatic carbocycles. The van der Waals surface area contributed by atoms with Crippen LogP contribution in [0.3, 0.4) is 0 Å². The van der Waals surface area contributed by atoms with Gasteiger partial charge in [-0.1, -0.05) is 46.3 Å². The van der Waals surface area contributed by atoms with Crippen molar-refractivity contribution in [1.29, 1.82) is 0 Å². The highest BCUT2D eigenvalue weighted by atomic mass is 79.9. The van der Waals surface area contributed by atoms with E-state index in [2.05, 4.69) is 85.9 Å². The Kier molecular flexibility index (Phi) is 5.85. The van der Waals surface area contributed by atoms with Gasteiger partial charge in [-0.15, -0.1) is 0 Å². The number of halogens is 2. The van der Waals surface area contributed by atoms with E-state index in [4.69, 9.17) is 0 Å². The third-order valence-electron chi connectivity index (χ3n) is 4.14. The van der Waals surface area contributed by atoms with Crippen molar-refractivity contribution < 1.29 is 21.5 Å². The molecule has 0 spiro atoms. The van der Waals surface area contributed by atoms with Crippen LogP contribution in [0.15, 0.2) is 70.4 Å². The average molecular weight is 466 g/mol. The molecule has 3 aromatic rings. The lowest BCUT2D eigenvalue weighted by Gasteiger charge is -2.10. The summed E-state index contributed by atoms with van der Waals surface area (Å²) in [6.45, 7) is 2.04. The van der Waals surface area contributed by atoms with Crippen molar-refractivity contribution in [3.63, 3.8) is 0 Å². The summed E-state index contributed by atoms with van der Waals surface area (Å²) < 4.78 is 5.99. The summed E-state index contributed by atoms with van der Waals surface area (Å²) >= 11 is 5.50. The molecular formula is C19H18Br2N2S. The van der Waals surface area contributed by atoms with Crippen molar-refractivity contribution in [1.82, 2.24) is 4.57 Å². The first-order valence-corrected chi connectivity index (χ1v) is 9.65. The fourth-order valence-electron chi connectivity index (χ4n) is 3.02. The third-order valence-corrected chi connectivity index (χ3v) is 5.88. The van der Waals surface area contributed by atoms with Crippen molar-refractivity contribution in [2.45, 2.75) is 24.7 Å². The van der Waals surface area contributed by atoms with Crippen LogP contribution in [0.25, 0.3) is 11.3 Å². The molecule has 0 radical (unpaired) electrons. The highest BCUT2D eigenvalue weighted by Crippen LogP contribution is 2.29. The van der Waals surface area contributed by atoms with Crippen LogP contribution in [0.1, 0.15) is 12.0 Å². The van der Waals surface area contributed by atoms with Gasteiger partial charge in [0.25, 0.3) is 0 Å². The Morgan fingerprint density at radius 1 is 1.04 bits per heavy atom. The van der Waals surface area contributed by atoms with E-state index in [1.807, 2.05) is 11.8 Å². The average Bonchev–Trinajstić information content (AvgIpc) is 2.95. The van der Waals surface area contributed by atoms with E-state index < -0.39 is 0 Å². The number of imidazole rings is 1. The Morgan fingerprint density at radius 3 is 2.54 bits per heavy atom. The summed E-state index contributed by atoms with van der Waals surface area (Å²) in [7, 11) is 0. The second-order valence-corrected chi connectivity index (χ2v) is 7.75. The number of nitrogens with zero attached hydrogens (tertiary/aromatic N) is 2. The lowest BCUT2D eigenvalue weighted by molar-refractivity contribution is -0.734. The standard InChI is InChI=1S/C19H18BrN2S.BrH/c20-17-9-7-16(8-10-17)18-14-21-11-4-12-23-19(21)22(18)13-15-5-2-1-3-6-15;/h1-3,5-10,14H,4,11-13H2;1H/q+1;/p-1. The Balaban J connectivity index is 0.00000169. The molecule has 1 aliphatic rings. The number of thioether (sulfide) groups is 1. The molecule has 4 rings (SSSR count). The lowest BCUT2D eigenvalue weighted by atomic mass is 10.1. The van der Waals surface area contributed by atoms with Gasteiger partial charge in [-0.25, -0.2) is 9.13 Å². The Hall–Kier alpha value is -1.04. The minimum absolute atomic E-state index is 0. The van der Waals surface area contributed by atoms with E-state index in [9.17, 15) is 0 Å². The number of benzene rings is 2. The molecule has 5 heteroatoms. The summed E-state index contributed by atoms with van der Waals surface area (Å²) in [6, 6.07) is 19.3. The molecule has 0 amide bonds. The monoisotopic (exact) mass is 464 g/mol. The first-order valence-electron chi connectivity index (χ1n) is 7.87. The van der Waals surface area contributed by atoms with Crippen molar-refractivity contribution >= 4 is 27.7 Å². The molecule has 1 aliphatic heterocycles. The molecule has 0 saturated heterocycles. The van der Waals surface area contributed by atoms with Crippen LogP contribution >= 0.6 is 27.7 Å². The number of hydrogen-bond acceptors (Lipinski definition) is 1. The molecule has 1 aromatic heterocycles.